The predicted octanol–water partition coefficient (Wildman–Crippen LogP) is 4.38. The fraction of sp³-hybridized carbons (Fsp3) is 0.214. The maximum Gasteiger partial charge on any atom is 0.256 e. The number of halogens is 1. The number of nitrogens with zero attached hydrogens (tertiary/aromatic N) is 5. The van der Waals surface area contributed by atoms with Gasteiger partial charge in [0.05, 0.1) is 29.1 Å². The number of hydrogen-bond donors (Lipinski definition) is 0. The van der Waals surface area contributed by atoms with E-state index < -0.39 is 0 Å². The van der Waals surface area contributed by atoms with Gasteiger partial charge in [-0.3, -0.25) is 9.59 Å². The summed E-state index contributed by atoms with van der Waals surface area (Å²) in [7, 11) is 0. The van der Waals surface area contributed by atoms with Crippen LogP contribution in [0.3, 0.4) is 0 Å². The van der Waals surface area contributed by atoms with Crippen LogP contribution in [0.25, 0.3) is 11.3 Å². The van der Waals surface area contributed by atoms with E-state index in [1.165, 1.54) is 4.90 Å². The van der Waals surface area contributed by atoms with Crippen molar-refractivity contribution in [3.8, 4) is 11.3 Å². The Bertz CT molecular complexity index is 1340. The van der Waals surface area contributed by atoms with Gasteiger partial charge in [0.2, 0.25) is 5.91 Å². The van der Waals surface area contributed by atoms with Gasteiger partial charge in [0.1, 0.15) is 12.3 Å². The predicted molar refractivity (Wildman–Crippen MR) is 141 cm³/mol. The summed E-state index contributed by atoms with van der Waals surface area (Å²) in [4.78, 5) is 31.9. The first-order valence-corrected chi connectivity index (χ1v) is 12.4. The summed E-state index contributed by atoms with van der Waals surface area (Å²) < 4.78 is 5.44. The van der Waals surface area contributed by atoms with E-state index in [1.807, 2.05) is 42.5 Å². The van der Waals surface area contributed by atoms with E-state index in [2.05, 4.69) is 15.1 Å². The van der Waals surface area contributed by atoms with E-state index in [0.29, 0.717) is 42.5 Å². The number of carbonyl (C=O) groups excluding carboxylic acids is 2. The second-order valence-corrected chi connectivity index (χ2v) is 9.14. The summed E-state index contributed by atoms with van der Waals surface area (Å²) in [5, 5.41) is 9.12. The summed E-state index contributed by atoms with van der Waals surface area (Å²) in [6.45, 7) is 2.40. The highest BCUT2D eigenvalue weighted by Gasteiger charge is 2.27. The Labute approximate surface area is 220 Å². The molecular weight excluding hydrogens is 490 g/mol. The molecule has 0 saturated carbocycles. The number of furan rings is 1. The van der Waals surface area contributed by atoms with Gasteiger partial charge in [-0.25, -0.2) is 0 Å². The van der Waals surface area contributed by atoms with Crippen molar-refractivity contribution in [1.29, 1.82) is 0 Å². The normalized spacial score (nSPS) is 13.4. The van der Waals surface area contributed by atoms with Crippen molar-refractivity contribution in [1.82, 2.24) is 20.0 Å². The number of carbonyl (C=O) groups is 2. The van der Waals surface area contributed by atoms with Crippen molar-refractivity contribution in [2.45, 2.75) is 6.54 Å². The molecule has 0 unspecified atom stereocenters. The van der Waals surface area contributed by atoms with Crippen LogP contribution in [-0.2, 0) is 11.3 Å². The van der Waals surface area contributed by atoms with Crippen LogP contribution in [0.2, 0.25) is 5.02 Å². The molecule has 0 aliphatic carbocycles. The van der Waals surface area contributed by atoms with Crippen LogP contribution in [0.1, 0.15) is 16.1 Å². The first-order chi connectivity index (χ1) is 18.1. The number of amides is 2. The van der Waals surface area contributed by atoms with Gasteiger partial charge in [0.15, 0.2) is 5.82 Å². The molecule has 1 fully saturated rings. The quantitative estimate of drug-likeness (QED) is 0.363. The summed E-state index contributed by atoms with van der Waals surface area (Å²) in [6, 6.07) is 24.2. The standard InChI is InChI=1S/C28H26ClN5O3/c29-24-11-5-4-10-23(24)28(36)34(19-22-9-6-18-37-22)20-27(35)33-16-14-32(15-17-33)26-13-12-25(30-31-26)21-7-2-1-3-8-21/h1-13,18H,14-17,19-20H2. The lowest BCUT2D eigenvalue weighted by Crippen LogP contribution is -2.52. The third-order valence-electron chi connectivity index (χ3n) is 6.32. The zero-order valence-electron chi connectivity index (χ0n) is 20.2. The first-order valence-electron chi connectivity index (χ1n) is 12.1. The molecule has 2 aromatic carbocycles. The highest BCUT2D eigenvalue weighted by molar-refractivity contribution is 6.33. The SMILES string of the molecule is O=C(CN(Cc1ccco1)C(=O)c1ccccc1Cl)N1CCN(c2ccc(-c3ccccc3)nn2)CC1. The molecule has 2 aromatic heterocycles. The van der Waals surface area contributed by atoms with E-state index in [0.717, 1.165) is 17.1 Å². The van der Waals surface area contributed by atoms with Gasteiger partial charge in [0, 0.05) is 31.7 Å². The molecule has 9 heteroatoms. The minimum absolute atomic E-state index is 0.0731. The Morgan fingerprint density at radius 1 is 0.865 bits per heavy atom. The molecule has 1 aliphatic heterocycles. The average Bonchev–Trinajstić information content (AvgIpc) is 3.46. The van der Waals surface area contributed by atoms with Gasteiger partial charge in [0.25, 0.3) is 5.91 Å². The average molecular weight is 516 g/mol. The highest BCUT2D eigenvalue weighted by atomic mass is 35.5. The number of piperazine rings is 1. The molecule has 2 amide bonds. The van der Waals surface area contributed by atoms with Crippen LogP contribution in [0, 0.1) is 0 Å². The lowest BCUT2D eigenvalue weighted by Gasteiger charge is -2.36. The zero-order valence-corrected chi connectivity index (χ0v) is 20.9. The van der Waals surface area contributed by atoms with Crippen molar-refractivity contribution in [3.63, 3.8) is 0 Å². The molecule has 0 radical (unpaired) electrons. The van der Waals surface area contributed by atoms with Crippen molar-refractivity contribution in [2.24, 2.45) is 0 Å². The van der Waals surface area contributed by atoms with Crippen LogP contribution in [-0.4, -0.2) is 64.5 Å². The lowest BCUT2D eigenvalue weighted by atomic mass is 10.1. The van der Waals surface area contributed by atoms with Crippen molar-refractivity contribution in [2.75, 3.05) is 37.6 Å². The largest absolute Gasteiger partial charge is 0.467 e. The summed E-state index contributed by atoms with van der Waals surface area (Å²) in [5.41, 5.74) is 2.19. The van der Waals surface area contributed by atoms with E-state index in [9.17, 15) is 9.59 Å². The molecular formula is C28H26ClN5O3. The minimum Gasteiger partial charge on any atom is -0.467 e. The van der Waals surface area contributed by atoms with Crippen LogP contribution in [0.15, 0.2) is 89.5 Å². The molecule has 8 nitrogen and oxygen atoms in total. The maximum absolute atomic E-state index is 13.3. The van der Waals surface area contributed by atoms with Gasteiger partial charge < -0.3 is 19.1 Å². The number of aromatic nitrogens is 2. The first kappa shape index (κ1) is 24.5. The number of rotatable bonds is 7. The van der Waals surface area contributed by atoms with Crippen LogP contribution < -0.4 is 4.90 Å². The van der Waals surface area contributed by atoms with Crippen LogP contribution >= 0.6 is 11.6 Å². The van der Waals surface area contributed by atoms with E-state index >= 15 is 0 Å². The van der Waals surface area contributed by atoms with Gasteiger partial charge >= 0.3 is 0 Å². The Hall–Kier alpha value is -4.17. The summed E-state index contributed by atoms with van der Waals surface area (Å²) in [5.74, 6) is 0.926. The van der Waals surface area contributed by atoms with Gasteiger partial charge in [-0.2, -0.15) is 0 Å². The summed E-state index contributed by atoms with van der Waals surface area (Å²) >= 11 is 6.27. The Balaban J connectivity index is 1.22. The fourth-order valence-electron chi connectivity index (χ4n) is 4.30. The topological polar surface area (TPSA) is 82.8 Å². The minimum atomic E-state index is -0.317. The second kappa shape index (κ2) is 11.3. The Kier molecular flexibility index (Phi) is 7.46. The highest BCUT2D eigenvalue weighted by Crippen LogP contribution is 2.21. The molecule has 0 atom stereocenters. The molecule has 0 bridgehead atoms. The molecule has 188 valence electrons. The molecule has 1 aliphatic rings. The fourth-order valence-corrected chi connectivity index (χ4v) is 4.52. The van der Waals surface area contributed by atoms with Gasteiger partial charge in [-0.1, -0.05) is 54.1 Å². The third kappa shape index (κ3) is 5.81. The Morgan fingerprint density at radius 3 is 2.30 bits per heavy atom. The van der Waals surface area contributed by atoms with E-state index in [4.69, 9.17) is 16.0 Å². The molecule has 3 heterocycles. The number of hydrogen-bond acceptors (Lipinski definition) is 6. The third-order valence-corrected chi connectivity index (χ3v) is 6.65. The molecule has 0 spiro atoms. The van der Waals surface area contributed by atoms with E-state index in [-0.39, 0.29) is 24.9 Å². The van der Waals surface area contributed by atoms with Gasteiger partial charge in [-0.15, -0.1) is 10.2 Å². The van der Waals surface area contributed by atoms with Crippen molar-refractivity contribution < 1.29 is 14.0 Å². The molecule has 5 rings (SSSR count). The molecule has 1 saturated heterocycles. The second-order valence-electron chi connectivity index (χ2n) is 8.73. The monoisotopic (exact) mass is 515 g/mol. The van der Waals surface area contributed by atoms with Crippen molar-refractivity contribution >= 4 is 29.2 Å². The summed E-state index contributed by atoms with van der Waals surface area (Å²) in [6.07, 6.45) is 1.55. The van der Waals surface area contributed by atoms with Crippen LogP contribution in [0.5, 0.6) is 0 Å². The molecule has 0 N–H and O–H groups in total. The molecule has 37 heavy (non-hydrogen) atoms. The molecule has 4 aromatic rings. The zero-order chi connectivity index (χ0) is 25.6. The van der Waals surface area contributed by atoms with Crippen LogP contribution in [0.4, 0.5) is 5.82 Å². The Morgan fingerprint density at radius 2 is 1.62 bits per heavy atom. The lowest BCUT2D eigenvalue weighted by molar-refractivity contribution is -0.132. The van der Waals surface area contributed by atoms with Gasteiger partial charge in [-0.05, 0) is 36.4 Å². The smallest absolute Gasteiger partial charge is 0.256 e. The number of anilines is 1. The number of benzene rings is 2. The van der Waals surface area contributed by atoms with E-state index in [1.54, 1.807) is 47.6 Å². The van der Waals surface area contributed by atoms with Crippen molar-refractivity contribution in [3.05, 3.63) is 101 Å². The maximum atomic E-state index is 13.3.